The van der Waals surface area contributed by atoms with E-state index < -0.39 is 0 Å². The van der Waals surface area contributed by atoms with Crippen LogP contribution in [-0.4, -0.2) is 39.6 Å². The number of carbonyl (C=O) groups excluding carboxylic acids is 1. The van der Waals surface area contributed by atoms with Crippen LogP contribution in [0.5, 0.6) is 0 Å². The molecular formula is C15H21Cl2N5O. The largest absolute Gasteiger partial charge is 0.349 e. The Bertz CT molecular complexity index is 603. The Labute approximate surface area is 147 Å². The van der Waals surface area contributed by atoms with Crippen LogP contribution in [0.2, 0.25) is 0 Å². The molecule has 3 rings (SSSR count). The van der Waals surface area contributed by atoms with Crippen molar-refractivity contribution in [3.63, 3.8) is 0 Å². The Morgan fingerprint density at radius 1 is 1.39 bits per heavy atom. The van der Waals surface area contributed by atoms with Gasteiger partial charge in [-0.15, -0.1) is 24.8 Å². The van der Waals surface area contributed by atoms with Gasteiger partial charge in [0, 0.05) is 24.6 Å². The fraction of sp³-hybridized carbons (Fsp3) is 0.400. The lowest BCUT2D eigenvalue weighted by atomic mass is 9.95. The number of aromatic nitrogens is 3. The SMILES string of the molecule is CC1CNCCC1NC(=O)c1ccc(-n2ccnc2)nc1.Cl.Cl. The van der Waals surface area contributed by atoms with Crippen LogP contribution in [0.1, 0.15) is 23.7 Å². The Balaban J connectivity index is 0.00000132. The molecule has 2 N–H and O–H groups in total. The van der Waals surface area contributed by atoms with E-state index in [-0.39, 0.29) is 36.8 Å². The van der Waals surface area contributed by atoms with Crippen LogP contribution in [-0.2, 0) is 0 Å². The Kier molecular flexibility index (Phi) is 7.48. The first-order valence-electron chi connectivity index (χ1n) is 7.20. The molecule has 0 bridgehead atoms. The zero-order valence-electron chi connectivity index (χ0n) is 12.8. The minimum atomic E-state index is -0.0570. The molecule has 3 heterocycles. The third-order valence-corrected chi connectivity index (χ3v) is 3.88. The first-order chi connectivity index (χ1) is 10.2. The van der Waals surface area contributed by atoms with E-state index in [9.17, 15) is 4.79 Å². The van der Waals surface area contributed by atoms with Crippen molar-refractivity contribution in [1.82, 2.24) is 25.2 Å². The number of imidazole rings is 1. The zero-order chi connectivity index (χ0) is 14.7. The lowest BCUT2D eigenvalue weighted by molar-refractivity contribution is 0.0914. The highest BCUT2D eigenvalue weighted by molar-refractivity contribution is 5.94. The lowest BCUT2D eigenvalue weighted by Crippen LogP contribution is -2.48. The van der Waals surface area contributed by atoms with Crippen molar-refractivity contribution < 1.29 is 4.79 Å². The van der Waals surface area contributed by atoms with Crippen molar-refractivity contribution in [3.05, 3.63) is 42.6 Å². The Hall–Kier alpha value is -1.63. The number of piperidine rings is 1. The number of hydrogen-bond acceptors (Lipinski definition) is 4. The number of halogens is 2. The second kappa shape index (κ2) is 8.86. The van der Waals surface area contributed by atoms with E-state index in [0.717, 1.165) is 25.3 Å². The molecule has 1 saturated heterocycles. The molecule has 8 heteroatoms. The summed E-state index contributed by atoms with van der Waals surface area (Å²) in [6.07, 6.45) is 7.77. The molecule has 126 valence electrons. The second-order valence-electron chi connectivity index (χ2n) is 5.43. The van der Waals surface area contributed by atoms with Crippen molar-refractivity contribution in [2.24, 2.45) is 5.92 Å². The maximum absolute atomic E-state index is 12.3. The van der Waals surface area contributed by atoms with Crippen molar-refractivity contribution in [2.75, 3.05) is 13.1 Å². The number of rotatable bonds is 3. The molecule has 0 spiro atoms. The van der Waals surface area contributed by atoms with Gasteiger partial charge in [-0.3, -0.25) is 9.36 Å². The molecule has 23 heavy (non-hydrogen) atoms. The number of nitrogens with zero attached hydrogens (tertiary/aromatic N) is 3. The molecule has 0 saturated carbocycles. The van der Waals surface area contributed by atoms with Crippen LogP contribution < -0.4 is 10.6 Å². The summed E-state index contributed by atoms with van der Waals surface area (Å²) in [6, 6.07) is 3.85. The predicted molar refractivity (Wildman–Crippen MR) is 93.8 cm³/mol. The monoisotopic (exact) mass is 357 g/mol. The van der Waals surface area contributed by atoms with Gasteiger partial charge in [0.05, 0.1) is 5.56 Å². The van der Waals surface area contributed by atoms with Crippen LogP contribution in [0.3, 0.4) is 0 Å². The minimum Gasteiger partial charge on any atom is -0.349 e. The third kappa shape index (κ3) is 4.67. The topological polar surface area (TPSA) is 71.8 Å². The van der Waals surface area contributed by atoms with Crippen LogP contribution in [0.25, 0.3) is 5.82 Å². The molecule has 1 amide bonds. The van der Waals surface area contributed by atoms with Gasteiger partial charge in [0.15, 0.2) is 0 Å². The van der Waals surface area contributed by atoms with Gasteiger partial charge >= 0.3 is 0 Å². The molecule has 2 unspecified atom stereocenters. The normalized spacial score (nSPS) is 20.0. The van der Waals surface area contributed by atoms with Crippen LogP contribution in [0.15, 0.2) is 37.1 Å². The van der Waals surface area contributed by atoms with E-state index in [1.54, 1.807) is 29.4 Å². The maximum Gasteiger partial charge on any atom is 0.253 e. The standard InChI is InChI=1S/C15H19N5O.2ClH/c1-11-8-16-5-4-13(11)19-15(21)12-2-3-14(18-9-12)20-7-6-17-10-20;;/h2-3,6-7,9-11,13,16H,4-5,8H2,1H3,(H,19,21);2*1H. The quantitative estimate of drug-likeness (QED) is 0.878. The van der Waals surface area contributed by atoms with Gasteiger partial charge in [-0.05, 0) is 37.6 Å². The number of hydrogen-bond donors (Lipinski definition) is 2. The van der Waals surface area contributed by atoms with Crippen LogP contribution in [0, 0.1) is 5.92 Å². The smallest absolute Gasteiger partial charge is 0.253 e. The highest BCUT2D eigenvalue weighted by Gasteiger charge is 2.23. The van der Waals surface area contributed by atoms with E-state index in [4.69, 9.17) is 0 Å². The predicted octanol–water partition coefficient (Wildman–Crippen LogP) is 1.84. The molecule has 0 radical (unpaired) electrons. The number of nitrogens with one attached hydrogen (secondary N) is 2. The van der Waals surface area contributed by atoms with Crippen molar-refractivity contribution in [2.45, 2.75) is 19.4 Å². The summed E-state index contributed by atoms with van der Waals surface area (Å²) >= 11 is 0. The molecule has 6 nitrogen and oxygen atoms in total. The average molecular weight is 358 g/mol. The second-order valence-corrected chi connectivity index (χ2v) is 5.43. The van der Waals surface area contributed by atoms with Crippen LogP contribution in [0.4, 0.5) is 0 Å². The summed E-state index contributed by atoms with van der Waals surface area (Å²) in [7, 11) is 0. The highest BCUT2D eigenvalue weighted by atomic mass is 35.5. The molecule has 1 fully saturated rings. The van der Waals surface area contributed by atoms with E-state index in [0.29, 0.717) is 11.5 Å². The summed E-state index contributed by atoms with van der Waals surface area (Å²) in [5, 5.41) is 6.43. The molecule has 2 aromatic rings. The van der Waals surface area contributed by atoms with Gasteiger partial charge in [-0.25, -0.2) is 9.97 Å². The van der Waals surface area contributed by atoms with Crippen molar-refractivity contribution in [1.29, 1.82) is 0 Å². The summed E-state index contributed by atoms with van der Waals surface area (Å²) in [6.45, 7) is 4.05. The molecular weight excluding hydrogens is 337 g/mol. The van der Waals surface area contributed by atoms with Crippen molar-refractivity contribution in [3.8, 4) is 5.82 Å². The van der Waals surface area contributed by atoms with E-state index >= 15 is 0 Å². The van der Waals surface area contributed by atoms with Gasteiger partial charge in [0.1, 0.15) is 12.1 Å². The highest BCUT2D eigenvalue weighted by Crippen LogP contribution is 2.12. The van der Waals surface area contributed by atoms with Gasteiger partial charge in [-0.2, -0.15) is 0 Å². The molecule has 1 aliphatic heterocycles. The fourth-order valence-electron chi connectivity index (χ4n) is 2.55. The first-order valence-corrected chi connectivity index (χ1v) is 7.20. The first kappa shape index (κ1) is 19.4. The zero-order valence-corrected chi connectivity index (χ0v) is 14.4. The molecule has 2 aromatic heterocycles. The maximum atomic E-state index is 12.3. The Morgan fingerprint density at radius 2 is 2.22 bits per heavy atom. The number of amides is 1. The number of carbonyl (C=O) groups is 1. The molecule has 2 atom stereocenters. The molecule has 1 aliphatic rings. The summed E-state index contributed by atoms with van der Waals surface area (Å²) in [5.41, 5.74) is 0.588. The lowest BCUT2D eigenvalue weighted by Gasteiger charge is -2.30. The van der Waals surface area contributed by atoms with E-state index in [2.05, 4.69) is 27.5 Å². The van der Waals surface area contributed by atoms with E-state index in [1.165, 1.54) is 0 Å². The minimum absolute atomic E-state index is 0. The number of pyridine rings is 1. The summed E-state index contributed by atoms with van der Waals surface area (Å²) in [4.78, 5) is 20.5. The van der Waals surface area contributed by atoms with Crippen molar-refractivity contribution >= 4 is 30.7 Å². The average Bonchev–Trinajstić information content (AvgIpc) is 3.04. The fourth-order valence-corrected chi connectivity index (χ4v) is 2.55. The summed E-state index contributed by atoms with van der Waals surface area (Å²) < 4.78 is 1.80. The van der Waals surface area contributed by atoms with Gasteiger partial charge < -0.3 is 10.6 Å². The van der Waals surface area contributed by atoms with E-state index in [1.807, 2.05) is 12.3 Å². The van der Waals surface area contributed by atoms with Crippen LogP contribution >= 0.6 is 24.8 Å². The Morgan fingerprint density at radius 3 is 2.83 bits per heavy atom. The molecule has 0 aliphatic carbocycles. The summed E-state index contributed by atoms with van der Waals surface area (Å²) in [5.74, 6) is 1.14. The van der Waals surface area contributed by atoms with Gasteiger partial charge in [0.25, 0.3) is 5.91 Å². The van der Waals surface area contributed by atoms with Gasteiger partial charge in [0.2, 0.25) is 0 Å². The third-order valence-electron chi connectivity index (χ3n) is 3.88. The molecule has 0 aromatic carbocycles. The van der Waals surface area contributed by atoms with Gasteiger partial charge in [-0.1, -0.05) is 6.92 Å².